The molecule has 1 rings (SSSR count). The molecule has 1 aliphatic rings. The highest BCUT2D eigenvalue weighted by Crippen LogP contribution is 2.23. The van der Waals surface area contributed by atoms with Gasteiger partial charge < -0.3 is 30.1 Å². The van der Waals surface area contributed by atoms with Crippen LogP contribution in [0.4, 0.5) is 4.79 Å². The van der Waals surface area contributed by atoms with Crippen LogP contribution < -0.4 is 5.32 Å². The highest BCUT2D eigenvalue weighted by molar-refractivity contribution is 5.66. The number of alkyl carbamates (subject to hydrolysis) is 1. The Hall–Kier alpha value is -0.890. The van der Waals surface area contributed by atoms with Gasteiger partial charge in [0.15, 0.2) is 0 Å². The summed E-state index contributed by atoms with van der Waals surface area (Å²) in [6, 6.07) is 0. The molecule has 1 amide bonds. The Morgan fingerprint density at radius 1 is 1.31 bits per heavy atom. The Morgan fingerprint density at radius 3 is 2.44 bits per heavy atom. The molecule has 1 aliphatic heterocycles. The third kappa shape index (κ3) is 2.62. The Bertz CT molecular complexity index is 246. The van der Waals surface area contributed by atoms with Crippen molar-refractivity contribution in [1.29, 1.82) is 0 Å². The van der Waals surface area contributed by atoms with Gasteiger partial charge in [0.05, 0.1) is 6.10 Å². The van der Waals surface area contributed by atoms with Gasteiger partial charge in [-0.1, -0.05) is 6.92 Å². The third-order valence-corrected chi connectivity index (χ3v) is 2.50. The Labute approximate surface area is 93.0 Å². The lowest BCUT2D eigenvalue weighted by atomic mass is 9.97. The molecule has 0 aromatic rings. The number of carbonyl (C=O) groups is 1. The molecule has 7 nitrogen and oxygen atoms in total. The molecule has 16 heavy (non-hydrogen) atoms. The summed E-state index contributed by atoms with van der Waals surface area (Å²) >= 11 is 0. The van der Waals surface area contributed by atoms with Crippen LogP contribution in [0.3, 0.4) is 0 Å². The summed E-state index contributed by atoms with van der Waals surface area (Å²) in [6.45, 7) is 1.75. The second-order valence-electron chi connectivity index (χ2n) is 3.58. The molecule has 0 aliphatic carbocycles. The number of rotatable bonds is 2. The van der Waals surface area contributed by atoms with Crippen molar-refractivity contribution in [2.45, 2.75) is 44.1 Å². The standard InChI is InChI=1S/C9H17NO6/c1-3-4-5(11)6(12)7(13)8(15-4)16-9(14)10-2/h4-8,11-13H,3H2,1-2H3,(H,10,14)/t4-,5?,6?,7?,8?/m1/s1. The molecule has 94 valence electrons. The van der Waals surface area contributed by atoms with Crippen molar-refractivity contribution < 1.29 is 29.6 Å². The van der Waals surface area contributed by atoms with E-state index in [1.54, 1.807) is 6.92 Å². The van der Waals surface area contributed by atoms with Crippen LogP contribution in [0.15, 0.2) is 0 Å². The minimum absolute atomic E-state index is 0.429. The summed E-state index contributed by atoms with van der Waals surface area (Å²) in [6.07, 6.45) is -6.34. The zero-order valence-corrected chi connectivity index (χ0v) is 9.16. The highest BCUT2D eigenvalue weighted by Gasteiger charge is 2.44. The summed E-state index contributed by atoms with van der Waals surface area (Å²) < 4.78 is 9.87. The molecule has 7 heteroatoms. The van der Waals surface area contributed by atoms with E-state index in [0.29, 0.717) is 6.42 Å². The van der Waals surface area contributed by atoms with E-state index in [-0.39, 0.29) is 0 Å². The number of ether oxygens (including phenoxy) is 2. The monoisotopic (exact) mass is 235 g/mol. The van der Waals surface area contributed by atoms with Gasteiger partial charge in [0.1, 0.15) is 18.3 Å². The highest BCUT2D eigenvalue weighted by atomic mass is 16.7. The lowest BCUT2D eigenvalue weighted by Gasteiger charge is -2.39. The van der Waals surface area contributed by atoms with Crippen LogP contribution in [0.25, 0.3) is 0 Å². The van der Waals surface area contributed by atoms with Crippen molar-refractivity contribution in [2.75, 3.05) is 7.05 Å². The number of carbonyl (C=O) groups excluding carboxylic acids is 1. The second kappa shape index (κ2) is 5.44. The second-order valence-corrected chi connectivity index (χ2v) is 3.58. The van der Waals surface area contributed by atoms with Crippen LogP contribution in [-0.4, -0.2) is 59.2 Å². The first-order valence-electron chi connectivity index (χ1n) is 5.09. The van der Waals surface area contributed by atoms with E-state index in [0.717, 1.165) is 0 Å². The fourth-order valence-electron chi connectivity index (χ4n) is 1.52. The first kappa shape index (κ1) is 13.2. The predicted molar refractivity (Wildman–Crippen MR) is 52.5 cm³/mol. The molecule has 0 saturated carbocycles. The molecule has 0 aromatic carbocycles. The maximum Gasteiger partial charge on any atom is 0.409 e. The van der Waals surface area contributed by atoms with Crippen LogP contribution >= 0.6 is 0 Å². The van der Waals surface area contributed by atoms with Gasteiger partial charge in [-0.2, -0.15) is 0 Å². The van der Waals surface area contributed by atoms with Gasteiger partial charge in [-0.25, -0.2) is 4.79 Å². The molecule has 0 radical (unpaired) electrons. The van der Waals surface area contributed by atoms with Crippen molar-refractivity contribution in [3.63, 3.8) is 0 Å². The Kier molecular flexibility index (Phi) is 4.48. The molecule has 1 heterocycles. The van der Waals surface area contributed by atoms with Crippen LogP contribution in [0.2, 0.25) is 0 Å². The molecule has 5 atom stereocenters. The number of aliphatic hydroxyl groups is 3. The van der Waals surface area contributed by atoms with E-state index < -0.39 is 36.8 Å². The number of aliphatic hydroxyl groups excluding tert-OH is 3. The summed E-state index contributed by atoms with van der Waals surface area (Å²) in [5, 5.41) is 30.8. The SMILES string of the molecule is CC[C@H]1OC(OC(=O)NC)C(O)C(O)C1O. The molecule has 4 N–H and O–H groups in total. The van der Waals surface area contributed by atoms with Crippen molar-refractivity contribution in [3.8, 4) is 0 Å². The third-order valence-electron chi connectivity index (χ3n) is 2.50. The molecule has 4 unspecified atom stereocenters. The van der Waals surface area contributed by atoms with Crippen molar-refractivity contribution in [2.24, 2.45) is 0 Å². The first-order valence-corrected chi connectivity index (χ1v) is 5.09. The van der Waals surface area contributed by atoms with E-state index in [9.17, 15) is 20.1 Å². The van der Waals surface area contributed by atoms with E-state index in [2.05, 4.69) is 5.32 Å². The van der Waals surface area contributed by atoms with Crippen molar-refractivity contribution >= 4 is 6.09 Å². The Balaban J connectivity index is 2.67. The molecule has 0 aromatic heterocycles. The number of hydrogen-bond donors (Lipinski definition) is 4. The molecule has 1 saturated heterocycles. The fourth-order valence-corrected chi connectivity index (χ4v) is 1.52. The number of hydrogen-bond acceptors (Lipinski definition) is 6. The zero-order chi connectivity index (χ0) is 12.3. The van der Waals surface area contributed by atoms with Gasteiger partial charge >= 0.3 is 6.09 Å². The van der Waals surface area contributed by atoms with Crippen molar-refractivity contribution in [3.05, 3.63) is 0 Å². The summed E-state index contributed by atoms with van der Waals surface area (Å²) in [7, 11) is 1.36. The molecule has 0 bridgehead atoms. The zero-order valence-electron chi connectivity index (χ0n) is 9.16. The van der Waals surface area contributed by atoms with Gasteiger partial charge in [-0.05, 0) is 6.42 Å². The molecular formula is C9H17NO6. The normalized spacial score (nSPS) is 39.2. The Morgan fingerprint density at radius 2 is 1.94 bits per heavy atom. The largest absolute Gasteiger partial charge is 0.417 e. The molecule has 1 fully saturated rings. The van der Waals surface area contributed by atoms with E-state index in [1.165, 1.54) is 7.05 Å². The van der Waals surface area contributed by atoms with Gasteiger partial charge in [0, 0.05) is 7.05 Å². The van der Waals surface area contributed by atoms with Gasteiger partial charge in [-0.15, -0.1) is 0 Å². The molecular weight excluding hydrogens is 218 g/mol. The maximum atomic E-state index is 10.9. The topological polar surface area (TPSA) is 108 Å². The molecule has 0 spiro atoms. The van der Waals surface area contributed by atoms with Crippen LogP contribution in [0, 0.1) is 0 Å². The number of amides is 1. The summed E-state index contributed by atoms with van der Waals surface area (Å²) in [5.41, 5.74) is 0. The minimum Gasteiger partial charge on any atom is -0.417 e. The minimum atomic E-state index is -1.46. The van der Waals surface area contributed by atoms with E-state index in [1.807, 2.05) is 0 Å². The number of nitrogens with one attached hydrogen (secondary N) is 1. The average Bonchev–Trinajstić information content (AvgIpc) is 2.29. The first-order chi connectivity index (χ1) is 7.51. The lowest BCUT2D eigenvalue weighted by molar-refractivity contribution is -0.280. The fraction of sp³-hybridized carbons (Fsp3) is 0.889. The summed E-state index contributed by atoms with van der Waals surface area (Å²) in [4.78, 5) is 10.9. The van der Waals surface area contributed by atoms with Gasteiger partial charge in [0.25, 0.3) is 0 Å². The van der Waals surface area contributed by atoms with E-state index >= 15 is 0 Å². The van der Waals surface area contributed by atoms with Crippen LogP contribution in [0.1, 0.15) is 13.3 Å². The maximum absolute atomic E-state index is 10.9. The smallest absolute Gasteiger partial charge is 0.409 e. The van der Waals surface area contributed by atoms with Crippen LogP contribution in [-0.2, 0) is 9.47 Å². The average molecular weight is 235 g/mol. The van der Waals surface area contributed by atoms with E-state index in [4.69, 9.17) is 9.47 Å². The summed E-state index contributed by atoms with van der Waals surface area (Å²) in [5.74, 6) is 0. The lowest BCUT2D eigenvalue weighted by Crippen LogP contribution is -2.58. The van der Waals surface area contributed by atoms with Gasteiger partial charge in [-0.3, -0.25) is 0 Å². The predicted octanol–water partition coefficient (Wildman–Crippen LogP) is -1.44. The quantitative estimate of drug-likeness (QED) is 0.467. The van der Waals surface area contributed by atoms with Crippen LogP contribution in [0.5, 0.6) is 0 Å². The van der Waals surface area contributed by atoms with Crippen molar-refractivity contribution in [1.82, 2.24) is 5.32 Å². The van der Waals surface area contributed by atoms with Gasteiger partial charge in [0.2, 0.25) is 6.29 Å².